The minimum absolute atomic E-state index is 0.00141. The second-order valence-electron chi connectivity index (χ2n) is 11.0. The van der Waals surface area contributed by atoms with Crippen LogP contribution in [0.3, 0.4) is 0 Å². The number of carbonyl (C=O) groups is 1. The van der Waals surface area contributed by atoms with Gasteiger partial charge in [-0.1, -0.05) is 11.6 Å². The normalized spacial score (nSPS) is 18.8. The maximum Gasteiger partial charge on any atom is 0.341 e. The Labute approximate surface area is 250 Å². The Morgan fingerprint density at radius 2 is 1.98 bits per heavy atom. The highest BCUT2D eigenvalue weighted by Crippen LogP contribution is 2.36. The fourth-order valence-corrected chi connectivity index (χ4v) is 5.83. The summed E-state index contributed by atoms with van der Waals surface area (Å²) < 4.78 is 36.0. The van der Waals surface area contributed by atoms with Crippen molar-refractivity contribution < 1.29 is 23.4 Å². The molecule has 0 amide bonds. The molecule has 2 saturated heterocycles. The molecule has 5 heterocycles. The van der Waals surface area contributed by atoms with Crippen molar-refractivity contribution in [2.75, 3.05) is 50.1 Å². The summed E-state index contributed by atoms with van der Waals surface area (Å²) in [5.41, 5.74) is 0.219. The van der Waals surface area contributed by atoms with Crippen LogP contribution in [0.2, 0.25) is 5.02 Å². The lowest BCUT2D eigenvalue weighted by Crippen LogP contribution is -2.57. The number of carboxylic acid groups (broad SMARTS) is 1. The average molecular weight is 611 g/mol. The summed E-state index contributed by atoms with van der Waals surface area (Å²) in [6.45, 7) is 1.63. The molecule has 0 bridgehead atoms. The van der Waals surface area contributed by atoms with Crippen LogP contribution in [0, 0.1) is 5.82 Å². The van der Waals surface area contributed by atoms with Crippen LogP contribution in [0.25, 0.3) is 16.6 Å². The van der Waals surface area contributed by atoms with Crippen molar-refractivity contribution in [3.8, 4) is 11.6 Å². The minimum Gasteiger partial charge on any atom is -0.477 e. The molecule has 6 rings (SSSR count). The highest BCUT2D eigenvalue weighted by atomic mass is 35.5. The van der Waals surface area contributed by atoms with E-state index < -0.39 is 35.0 Å². The molecule has 10 nitrogen and oxygen atoms in total. The molecule has 2 aliphatic rings. The topological polar surface area (TPSA) is 104 Å². The fourth-order valence-electron chi connectivity index (χ4n) is 5.56. The van der Waals surface area contributed by atoms with Gasteiger partial charge in [-0.2, -0.15) is 0 Å². The maximum absolute atomic E-state index is 14.8. The Morgan fingerprint density at radius 1 is 1.19 bits per heavy atom. The van der Waals surface area contributed by atoms with Crippen molar-refractivity contribution in [3.63, 3.8) is 0 Å². The van der Waals surface area contributed by atoms with Gasteiger partial charge in [0.1, 0.15) is 24.2 Å². The van der Waals surface area contributed by atoms with Gasteiger partial charge in [0.15, 0.2) is 5.82 Å². The third-order valence-corrected chi connectivity index (χ3v) is 8.34. The van der Waals surface area contributed by atoms with Crippen LogP contribution in [0.15, 0.2) is 59.8 Å². The first-order valence-corrected chi connectivity index (χ1v) is 14.1. The van der Waals surface area contributed by atoms with Crippen LogP contribution >= 0.6 is 11.6 Å². The number of aromatic carboxylic acids is 1. The van der Waals surface area contributed by atoms with Gasteiger partial charge in [-0.15, -0.1) is 0 Å². The highest BCUT2D eigenvalue weighted by molar-refractivity contribution is 6.34. The molecule has 1 aromatic carbocycles. The van der Waals surface area contributed by atoms with E-state index in [9.17, 15) is 23.5 Å². The van der Waals surface area contributed by atoms with Crippen molar-refractivity contribution in [1.82, 2.24) is 19.4 Å². The Kier molecular flexibility index (Phi) is 7.65. The van der Waals surface area contributed by atoms with E-state index in [4.69, 9.17) is 16.3 Å². The molecule has 13 heteroatoms. The summed E-state index contributed by atoms with van der Waals surface area (Å²) in [6.07, 6.45) is 3.20. The second kappa shape index (κ2) is 11.4. The van der Waals surface area contributed by atoms with Crippen molar-refractivity contribution >= 4 is 40.0 Å². The Morgan fingerprint density at radius 3 is 2.65 bits per heavy atom. The average Bonchev–Trinajstić information content (AvgIpc) is 3.32. The van der Waals surface area contributed by atoms with Crippen molar-refractivity contribution in [2.24, 2.45) is 0 Å². The Bertz CT molecular complexity index is 1750. The number of halogens is 3. The second-order valence-corrected chi connectivity index (χ2v) is 11.4. The lowest BCUT2D eigenvalue weighted by Gasteiger charge is -2.43. The molecule has 0 unspecified atom stereocenters. The molecule has 0 radical (unpaired) electrons. The number of likely N-dealkylation sites (N-methyl/N-ethyl adjacent to an activating group) is 1. The first kappa shape index (κ1) is 28.8. The molecule has 0 aliphatic carbocycles. The molecule has 4 aromatic rings. The predicted octanol–water partition coefficient (Wildman–Crippen LogP) is 4.02. The fraction of sp³-hybridized carbons (Fsp3) is 0.333. The standard InChI is InChI=1S/C30H29ClF2N6O4/c1-36(2)20-13-37(14-20)27-6-5-18(11-35-27)39-15-22(30(41)42)28(40)21-9-23(31)26(10-25(21)39)38-12-17(32)8-19(38)16-43-29-24(33)4-3-7-34-29/h3-7,9-11,15,17,19-20H,8,12-14,16H2,1-2H3,(H,41,42)/t17-,19+/m0/s1. The zero-order chi connectivity index (χ0) is 30.4. The van der Waals surface area contributed by atoms with Crippen molar-refractivity contribution in [2.45, 2.75) is 24.7 Å². The van der Waals surface area contributed by atoms with E-state index in [1.165, 1.54) is 30.6 Å². The number of fused-ring (bicyclic) bond motifs is 1. The van der Waals surface area contributed by atoms with Crippen LogP contribution in [0.4, 0.5) is 20.3 Å². The van der Waals surface area contributed by atoms with Gasteiger partial charge in [-0.05, 0) is 50.5 Å². The SMILES string of the molecule is CN(C)C1CN(c2ccc(-n3cc(C(=O)O)c(=O)c4cc(Cl)c(N5C[C@@H](F)C[C@@H]5COc5ncccc5F)cc43)cn2)C1. The van der Waals surface area contributed by atoms with Gasteiger partial charge < -0.3 is 29.1 Å². The molecule has 2 fully saturated rings. The third-order valence-electron chi connectivity index (χ3n) is 8.04. The summed E-state index contributed by atoms with van der Waals surface area (Å²) >= 11 is 6.66. The smallest absolute Gasteiger partial charge is 0.341 e. The third kappa shape index (κ3) is 5.48. The van der Waals surface area contributed by atoms with Crippen LogP contribution in [0.5, 0.6) is 5.88 Å². The number of anilines is 2. The molecule has 3 aromatic heterocycles. The van der Waals surface area contributed by atoms with Gasteiger partial charge in [-0.3, -0.25) is 4.79 Å². The number of carboxylic acids is 1. The van der Waals surface area contributed by atoms with E-state index in [0.29, 0.717) is 22.9 Å². The molecule has 0 spiro atoms. The number of benzene rings is 1. The summed E-state index contributed by atoms with van der Waals surface area (Å²) in [6, 6.07) is 9.31. The first-order chi connectivity index (χ1) is 20.6. The summed E-state index contributed by atoms with van der Waals surface area (Å²) in [7, 11) is 4.07. The summed E-state index contributed by atoms with van der Waals surface area (Å²) in [5.74, 6) is -1.40. The number of hydrogen-bond donors (Lipinski definition) is 1. The van der Waals surface area contributed by atoms with E-state index in [-0.39, 0.29) is 35.9 Å². The minimum atomic E-state index is -1.38. The zero-order valence-electron chi connectivity index (χ0n) is 23.5. The van der Waals surface area contributed by atoms with Crippen molar-refractivity contribution in [1.29, 1.82) is 0 Å². The molecule has 43 heavy (non-hydrogen) atoms. The van der Waals surface area contributed by atoms with E-state index in [0.717, 1.165) is 18.9 Å². The molecule has 0 saturated carbocycles. The van der Waals surface area contributed by atoms with Gasteiger partial charge >= 0.3 is 5.97 Å². The predicted molar refractivity (Wildman–Crippen MR) is 159 cm³/mol. The number of nitrogens with zero attached hydrogens (tertiary/aromatic N) is 6. The lowest BCUT2D eigenvalue weighted by atomic mass is 10.1. The van der Waals surface area contributed by atoms with Gasteiger partial charge in [0.2, 0.25) is 11.3 Å². The monoisotopic (exact) mass is 610 g/mol. The summed E-state index contributed by atoms with van der Waals surface area (Å²) in [5, 5.41) is 10.0. The van der Waals surface area contributed by atoms with Gasteiger partial charge in [0, 0.05) is 49.9 Å². The van der Waals surface area contributed by atoms with Crippen molar-refractivity contribution in [3.05, 3.63) is 81.6 Å². The first-order valence-electron chi connectivity index (χ1n) is 13.7. The van der Waals surface area contributed by atoms with Gasteiger partial charge in [0.25, 0.3) is 0 Å². The number of rotatable bonds is 8. The quantitative estimate of drug-likeness (QED) is 0.317. The van der Waals surface area contributed by atoms with E-state index in [1.807, 2.05) is 20.2 Å². The number of aromatic nitrogens is 3. The number of pyridine rings is 3. The molecule has 224 valence electrons. The summed E-state index contributed by atoms with van der Waals surface area (Å²) in [4.78, 5) is 39.7. The molecular weight excluding hydrogens is 582 g/mol. The number of hydrogen-bond acceptors (Lipinski definition) is 8. The molecule has 2 aliphatic heterocycles. The van der Waals surface area contributed by atoms with E-state index in [2.05, 4.69) is 19.8 Å². The van der Waals surface area contributed by atoms with E-state index >= 15 is 0 Å². The Hall–Kier alpha value is -4.29. The van der Waals surface area contributed by atoms with E-state index in [1.54, 1.807) is 27.8 Å². The number of alkyl halides is 1. The lowest BCUT2D eigenvalue weighted by molar-refractivity contribution is 0.0695. The highest BCUT2D eigenvalue weighted by Gasteiger charge is 2.35. The van der Waals surface area contributed by atoms with Crippen LogP contribution in [-0.2, 0) is 0 Å². The maximum atomic E-state index is 14.8. The van der Waals surface area contributed by atoms with Crippen LogP contribution in [-0.4, -0.2) is 89.1 Å². The van der Waals surface area contributed by atoms with Gasteiger partial charge in [-0.25, -0.2) is 23.5 Å². The Balaban J connectivity index is 1.38. The van der Waals surface area contributed by atoms with Crippen LogP contribution in [0.1, 0.15) is 16.8 Å². The zero-order valence-corrected chi connectivity index (χ0v) is 24.2. The largest absolute Gasteiger partial charge is 0.477 e. The molecular formula is C30H29ClF2N6O4. The van der Waals surface area contributed by atoms with Gasteiger partial charge in [0.05, 0.1) is 34.2 Å². The number of ether oxygens (including phenoxy) is 1. The molecule has 1 N–H and O–H groups in total. The van der Waals surface area contributed by atoms with Crippen LogP contribution < -0.4 is 20.0 Å². The molecule has 2 atom stereocenters.